The molecule has 1 saturated carbocycles. The molecule has 0 amide bonds. The Morgan fingerprint density at radius 3 is 2.47 bits per heavy atom. The second kappa shape index (κ2) is 6.09. The molecule has 1 aliphatic carbocycles. The number of hydrogen-bond donors (Lipinski definition) is 1. The van der Waals surface area contributed by atoms with Crippen LogP contribution >= 0.6 is 0 Å². The van der Waals surface area contributed by atoms with Gasteiger partial charge in [-0.2, -0.15) is 0 Å². The van der Waals surface area contributed by atoms with Gasteiger partial charge in [-0.3, -0.25) is 0 Å². The van der Waals surface area contributed by atoms with Gasteiger partial charge in [-0.25, -0.2) is 0 Å². The van der Waals surface area contributed by atoms with Gasteiger partial charge in [0.2, 0.25) is 0 Å². The van der Waals surface area contributed by atoms with Crippen molar-refractivity contribution in [3.8, 4) is 0 Å². The highest BCUT2D eigenvalue weighted by molar-refractivity contribution is 5.35. The van der Waals surface area contributed by atoms with Crippen molar-refractivity contribution in [3.05, 3.63) is 35.4 Å². The van der Waals surface area contributed by atoms with E-state index in [9.17, 15) is 0 Å². The summed E-state index contributed by atoms with van der Waals surface area (Å²) in [6, 6.07) is 9.55. The molecule has 1 atom stereocenters. The fourth-order valence-corrected chi connectivity index (χ4v) is 2.81. The highest BCUT2D eigenvalue weighted by atomic mass is 14.9. The molecule has 1 unspecified atom stereocenters. The molecule has 1 aromatic carbocycles. The van der Waals surface area contributed by atoms with E-state index >= 15 is 0 Å². The zero-order valence-corrected chi connectivity index (χ0v) is 13.0. The minimum absolute atomic E-state index is 0.228. The summed E-state index contributed by atoms with van der Waals surface area (Å²) in [5.41, 5.74) is 3.26. The van der Waals surface area contributed by atoms with Gasteiger partial charge < -0.3 is 5.32 Å². The van der Waals surface area contributed by atoms with Crippen LogP contribution in [0.2, 0.25) is 0 Å². The molecule has 1 aromatic rings. The lowest BCUT2D eigenvalue weighted by Gasteiger charge is -2.28. The minimum atomic E-state index is 0.228. The molecule has 0 saturated heterocycles. The Balaban J connectivity index is 2.23. The third kappa shape index (κ3) is 4.07. The molecule has 1 nitrogen and oxygen atoms in total. The third-order valence-electron chi connectivity index (χ3n) is 4.05. The molecule has 19 heavy (non-hydrogen) atoms. The molecule has 0 bridgehead atoms. The van der Waals surface area contributed by atoms with Crippen LogP contribution in [0.1, 0.15) is 70.5 Å². The molecule has 1 heteroatoms. The Morgan fingerprint density at radius 2 is 1.89 bits per heavy atom. The molecule has 1 N–H and O–H groups in total. The third-order valence-corrected chi connectivity index (χ3v) is 4.05. The summed E-state index contributed by atoms with van der Waals surface area (Å²) < 4.78 is 0. The molecular formula is C18H29N. The van der Waals surface area contributed by atoms with Crippen LogP contribution in [-0.4, -0.2) is 6.54 Å². The summed E-state index contributed by atoms with van der Waals surface area (Å²) in [7, 11) is 0. The smallest absolute Gasteiger partial charge is 0.0325 e. The molecule has 1 fully saturated rings. The SMILES string of the molecule is CCCNC(CC1CC1)c1ccccc1C(C)(C)C. The number of nitrogens with one attached hydrogen (secondary N) is 1. The first kappa shape index (κ1) is 14.6. The molecule has 0 heterocycles. The molecule has 0 aliphatic heterocycles. The van der Waals surface area contributed by atoms with Crippen LogP contribution in [0.15, 0.2) is 24.3 Å². The molecule has 106 valence electrons. The Morgan fingerprint density at radius 1 is 1.21 bits per heavy atom. The highest BCUT2D eigenvalue weighted by Gasteiger charge is 2.28. The van der Waals surface area contributed by atoms with Crippen LogP contribution < -0.4 is 5.32 Å². The summed E-state index contributed by atoms with van der Waals surface area (Å²) >= 11 is 0. The molecule has 2 rings (SSSR count). The number of benzene rings is 1. The average molecular weight is 259 g/mol. The summed E-state index contributed by atoms with van der Waals surface area (Å²) in [4.78, 5) is 0. The van der Waals surface area contributed by atoms with E-state index in [2.05, 4.69) is 57.3 Å². The van der Waals surface area contributed by atoms with Crippen molar-refractivity contribution >= 4 is 0 Å². The first-order valence-corrected chi connectivity index (χ1v) is 7.85. The summed E-state index contributed by atoms with van der Waals surface area (Å²) in [5, 5.41) is 3.77. The van der Waals surface area contributed by atoms with Crippen LogP contribution in [0.25, 0.3) is 0 Å². The van der Waals surface area contributed by atoms with E-state index in [4.69, 9.17) is 0 Å². The van der Waals surface area contributed by atoms with E-state index in [-0.39, 0.29) is 5.41 Å². The molecule has 0 spiro atoms. The number of rotatable bonds is 6. The average Bonchev–Trinajstić information content (AvgIpc) is 3.17. The number of hydrogen-bond acceptors (Lipinski definition) is 1. The second-order valence-corrected chi connectivity index (χ2v) is 7.02. The van der Waals surface area contributed by atoms with Crippen molar-refractivity contribution in [1.82, 2.24) is 5.32 Å². The van der Waals surface area contributed by atoms with E-state index in [0.29, 0.717) is 6.04 Å². The maximum absolute atomic E-state index is 3.77. The highest BCUT2D eigenvalue weighted by Crippen LogP contribution is 2.40. The van der Waals surface area contributed by atoms with Crippen LogP contribution in [0.3, 0.4) is 0 Å². The Hall–Kier alpha value is -0.820. The maximum Gasteiger partial charge on any atom is 0.0325 e. The van der Waals surface area contributed by atoms with Crippen molar-refractivity contribution in [2.24, 2.45) is 5.92 Å². The van der Waals surface area contributed by atoms with Gasteiger partial charge >= 0.3 is 0 Å². The van der Waals surface area contributed by atoms with Crippen molar-refractivity contribution in [2.45, 2.75) is 64.8 Å². The fraction of sp³-hybridized carbons (Fsp3) is 0.667. The van der Waals surface area contributed by atoms with Gasteiger partial charge in [-0.15, -0.1) is 0 Å². The zero-order valence-electron chi connectivity index (χ0n) is 13.0. The molecule has 0 radical (unpaired) electrons. The summed E-state index contributed by atoms with van der Waals surface area (Å²) in [6.45, 7) is 10.3. The lowest BCUT2D eigenvalue weighted by molar-refractivity contribution is 0.460. The molecule has 1 aliphatic rings. The quantitative estimate of drug-likeness (QED) is 0.772. The van der Waals surface area contributed by atoms with Crippen LogP contribution in [0, 0.1) is 5.92 Å². The Labute approximate surface area is 118 Å². The van der Waals surface area contributed by atoms with E-state index in [0.717, 1.165) is 12.5 Å². The standard InChI is InChI=1S/C18H29N/c1-5-12-19-17(13-14-10-11-14)15-8-6-7-9-16(15)18(2,3)4/h6-9,14,17,19H,5,10-13H2,1-4H3. The van der Waals surface area contributed by atoms with Gasteiger partial charge in [0.05, 0.1) is 0 Å². The Kier molecular flexibility index (Phi) is 4.67. The van der Waals surface area contributed by atoms with Crippen LogP contribution in [0.4, 0.5) is 0 Å². The van der Waals surface area contributed by atoms with Crippen molar-refractivity contribution in [1.29, 1.82) is 0 Å². The van der Waals surface area contributed by atoms with Gasteiger partial charge in [-0.05, 0) is 41.8 Å². The normalized spacial score (nSPS) is 17.5. The van der Waals surface area contributed by atoms with Gasteiger partial charge in [0.15, 0.2) is 0 Å². The summed E-state index contributed by atoms with van der Waals surface area (Å²) in [5.74, 6) is 0.961. The van der Waals surface area contributed by atoms with Crippen molar-refractivity contribution in [3.63, 3.8) is 0 Å². The van der Waals surface area contributed by atoms with E-state index in [1.165, 1.54) is 36.8 Å². The van der Waals surface area contributed by atoms with Gasteiger partial charge in [0.1, 0.15) is 0 Å². The van der Waals surface area contributed by atoms with Gasteiger partial charge in [0, 0.05) is 6.04 Å². The van der Waals surface area contributed by atoms with Gasteiger partial charge in [0.25, 0.3) is 0 Å². The Bertz CT molecular complexity index is 398. The van der Waals surface area contributed by atoms with Crippen molar-refractivity contribution in [2.75, 3.05) is 6.54 Å². The van der Waals surface area contributed by atoms with Crippen LogP contribution in [0.5, 0.6) is 0 Å². The maximum atomic E-state index is 3.77. The minimum Gasteiger partial charge on any atom is -0.310 e. The summed E-state index contributed by atoms with van der Waals surface area (Å²) in [6.07, 6.45) is 5.38. The lowest BCUT2D eigenvalue weighted by Crippen LogP contribution is -2.26. The topological polar surface area (TPSA) is 12.0 Å². The van der Waals surface area contributed by atoms with E-state index in [1.54, 1.807) is 0 Å². The lowest BCUT2D eigenvalue weighted by atomic mass is 9.81. The molecular weight excluding hydrogens is 230 g/mol. The first-order chi connectivity index (χ1) is 9.02. The monoisotopic (exact) mass is 259 g/mol. The predicted molar refractivity (Wildman–Crippen MR) is 83.5 cm³/mol. The largest absolute Gasteiger partial charge is 0.310 e. The van der Waals surface area contributed by atoms with E-state index < -0.39 is 0 Å². The first-order valence-electron chi connectivity index (χ1n) is 7.85. The van der Waals surface area contributed by atoms with Crippen molar-refractivity contribution < 1.29 is 0 Å². The van der Waals surface area contributed by atoms with Crippen LogP contribution in [-0.2, 0) is 5.41 Å². The second-order valence-electron chi connectivity index (χ2n) is 7.02. The molecule has 0 aromatic heterocycles. The van der Waals surface area contributed by atoms with Gasteiger partial charge in [-0.1, -0.05) is 64.8 Å². The predicted octanol–water partition coefficient (Wildman–Crippen LogP) is 4.82. The van der Waals surface area contributed by atoms with E-state index in [1.807, 2.05) is 0 Å². The zero-order chi connectivity index (χ0) is 13.9. The fourth-order valence-electron chi connectivity index (χ4n) is 2.81.